The molecule has 0 amide bonds. The largest absolute Gasteiger partial charge is 0.393 e. The highest BCUT2D eigenvalue weighted by Crippen LogP contribution is 2.67. The molecule has 0 bridgehead atoms. The minimum Gasteiger partial charge on any atom is -0.393 e. The van der Waals surface area contributed by atoms with Gasteiger partial charge in [-0.1, -0.05) is 57.0 Å². The maximum absolute atomic E-state index is 12.8. The zero-order valence-electron chi connectivity index (χ0n) is 23.2. The van der Waals surface area contributed by atoms with Crippen molar-refractivity contribution in [2.24, 2.45) is 40.4 Å². The molecule has 3 saturated carbocycles. The first kappa shape index (κ1) is 27.4. The van der Waals surface area contributed by atoms with Crippen LogP contribution in [-0.4, -0.2) is 36.9 Å². The molecule has 0 radical (unpaired) electrons. The fourth-order valence-electron chi connectivity index (χ4n) is 9.21. The monoisotopic (exact) mass is 530 g/mol. The van der Waals surface area contributed by atoms with Crippen molar-refractivity contribution in [1.82, 2.24) is 0 Å². The van der Waals surface area contributed by atoms with E-state index in [-0.39, 0.29) is 40.3 Å². The molecule has 6 heteroatoms. The first-order valence-corrected chi connectivity index (χ1v) is 15.8. The van der Waals surface area contributed by atoms with Crippen LogP contribution < -0.4 is 0 Å². The van der Waals surface area contributed by atoms with Gasteiger partial charge in [-0.05, 0) is 111 Å². The highest BCUT2D eigenvalue weighted by atomic mass is 32.2. The van der Waals surface area contributed by atoms with E-state index in [1.165, 1.54) is 5.57 Å². The number of allylic oxidation sites excluding steroid dienone is 1. The molecule has 206 valence electrons. The van der Waals surface area contributed by atoms with Crippen LogP contribution in [0.1, 0.15) is 84.6 Å². The molecule has 0 aliphatic heterocycles. The zero-order valence-corrected chi connectivity index (χ0v) is 24.1. The zero-order chi connectivity index (χ0) is 26.8. The molecule has 0 spiro atoms. The number of fused-ring (bicyclic) bond motifs is 5. The Labute approximate surface area is 223 Å². The van der Waals surface area contributed by atoms with Crippen LogP contribution in [0, 0.1) is 47.3 Å². The number of benzene rings is 1. The maximum Gasteiger partial charge on any atom is 0.296 e. The van der Waals surface area contributed by atoms with Crippen molar-refractivity contribution >= 4 is 10.1 Å². The van der Waals surface area contributed by atoms with E-state index in [0.717, 1.165) is 56.9 Å². The summed E-state index contributed by atoms with van der Waals surface area (Å²) in [4.78, 5) is 0.206. The van der Waals surface area contributed by atoms with E-state index in [2.05, 4.69) is 33.8 Å². The first-order chi connectivity index (χ1) is 17.3. The normalized spacial score (nSPS) is 42.4. The third-order valence-corrected chi connectivity index (χ3v) is 12.7. The summed E-state index contributed by atoms with van der Waals surface area (Å²) in [6.07, 6.45) is 9.22. The molecule has 0 saturated heterocycles. The Hall–Kier alpha value is -1.21. The van der Waals surface area contributed by atoms with Crippen LogP contribution in [0.15, 0.2) is 40.8 Å². The van der Waals surface area contributed by atoms with Crippen LogP contribution in [0.25, 0.3) is 0 Å². The Morgan fingerprint density at radius 3 is 2.51 bits per heavy atom. The smallest absolute Gasteiger partial charge is 0.296 e. The fourth-order valence-corrected chi connectivity index (χ4v) is 10.2. The van der Waals surface area contributed by atoms with Crippen molar-refractivity contribution in [2.75, 3.05) is 6.61 Å². The average molecular weight is 531 g/mol. The van der Waals surface area contributed by atoms with Gasteiger partial charge in [0, 0.05) is 0 Å². The van der Waals surface area contributed by atoms with Crippen molar-refractivity contribution in [1.29, 1.82) is 0 Å². The summed E-state index contributed by atoms with van der Waals surface area (Å²) in [6, 6.07) is 6.80. The molecule has 5 rings (SSSR count). The third kappa shape index (κ3) is 4.54. The second-order valence-electron chi connectivity index (χ2n) is 13.4. The quantitative estimate of drug-likeness (QED) is 0.347. The number of aryl methyl sites for hydroxylation is 1. The van der Waals surface area contributed by atoms with Crippen LogP contribution in [0.5, 0.6) is 0 Å². The third-order valence-electron chi connectivity index (χ3n) is 11.4. The Bertz CT molecular complexity index is 1140. The Morgan fingerprint density at radius 1 is 1.14 bits per heavy atom. The summed E-state index contributed by atoms with van der Waals surface area (Å²) < 4.78 is 31.2. The SMILES string of the molecule is CC[C@]1(O)CC[C@@]2(C)C(=CC[C@@H]3[C@@H]2[C@@H](O)C[C@]2(C)[C@@H]([C@H](C)COS(=O)(=O)c4ccc(C)cc4)CC[C@@H]32)C1. The van der Waals surface area contributed by atoms with Gasteiger partial charge in [-0.15, -0.1) is 0 Å². The molecular weight excluding hydrogens is 484 g/mol. The molecule has 4 aliphatic carbocycles. The number of hydrogen-bond acceptors (Lipinski definition) is 5. The molecule has 0 unspecified atom stereocenters. The Morgan fingerprint density at radius 2 is 1.84 bits per heavy atom. The summed E-state index contributed by atoms with van der Waals surface area (Å²) in [5.74, 6) is 1.59. The van der Waals surface area contributed by atoms with E-state index >= 15 is 0 Å². The average Bonchev–Trinajstić information content (AvgIpc) is 3.19. The summed E-state index contributed by atoms with van der Waals surface area (Å²) >= 11 is 0. The van der Waals surface area contributed by atoms with E-state index < -0.39 is 15.7 Å². The van der Waals surface area contributed by atoms with Gasteiger partial charge in [-0.25, -0.2) is 0 Å². The van der Waals surface area contributed by atoms with Crippen molar-refractivity contribution in [3.63, 3.8) is 0 Å². The molecule has 1 aromatic carbocycles. The lowest BCUT2D eigenvalue weighted by Gasteiger charge is -2.61. The van der Waals surface area contributed by atoms with Gasteiger partial charge in [0.15, 0.2) is 0 Å². The number of aliphatic hydroxyl groups excluding tert-OH is 1. The van der Waals surface area contributed by atoms with Gasteiger partial charge in [-0.2, -0.15) is 8.42 Å². The molecular formula is C31H46O5S. The van der Waals surface area contributed by atoms with Gasteiger partial charge >= 0.3 is 0 Å². The minimum atomic E-state index is -3.79. The van der Waals surface area contributed by atoms with Gasteiger partial charge < -0.3 is 10.2 Å². The van der Waals surface area contributed by atoms with Gasteiger partial charge in [0.05, 0.1) is 23.2 Å². The molecule has 1 aromatic rings. The molecule has 5 nitrogen and oxygen atoms in total. The van der Waals surface area contributed by atoms with Gasteiger partial charge in [0.2, 0.25) is 0 Å². The summed E-state index contributed by atoms with van der Waals surface area (Å²) in [5, 5.41) is 22.7. The molecule has 9 atom stereocenters. The minimum absolute atomic E-state index is 0.0303. The topological polar surface area (TPSA) is 83.8 Å². The van der Waals surface area contributed by atoms with Crippen LogP contribution in [0.4, 0.5) is 0 Å². The maximum atomic E-state index is 12.8. The molecule has 2 N–H and O–H groups in total. The van der Waals surface area contributed by atoms with Gasteiger partial charge in [-0.3, -0.25) is 4.18 Å². The number of rotatable bonds is 6. The number of hydrogen-bond donors (Lipinski definition) is 2. The van der Waals surface area contributed by atoms with Crippen LogP contribution in [0.3, 0.4) is 0 Å². The van der Waals surface area contributed by atoms with Crippen molar-refractivity contribution in [3.05, 3.63) is 41.5 Å². The lowest BCUT2D eigenvalue weighted by molar-refractivity contribution is -0.137. The van der Waals surface area contributed by atoms with E-state index in [0.29, 0.717) is 17.8 Å². The van der Waals surface area contributed by atoms with Gasteiger partial charge in [0.1, 0.15) is 0 Å². The van der Waals surface area contributed by atoms with E-state index in [1.807, 2.05) is 6.92 Å². The van der Waals surface area contributed by atoms with E-state index in [1.54, 1.807) is 24.3 Å². The van der Waals surface area contributed by atoms with Gasteiger partial charge in [0.25, 0.3) is 10.1 Å². The lowest BCUT2D eigenvalue weighted by Crippen LogP contribution is -2.57. The molecule has 4 aliphatic rings. The molecule has 37 heavy (non-hydrogen) atoms. The molecule has 0 aromatic heterocycles. The lowest BCUT2D eigenvalue weighted by atomic mass is 9.45. The van der Waals surface area contributed by atoms with Crippen LogP contribution >= 0.6 is 0 Å². The standard InChI is InChI=1S/C31H46O5S/c1-6-31(33)16-15-29(4)22(17-31)9-12-24-26-14-13-25(30(26,5)18-27(32)28(24)29)21(3)19-36-37(34,35)23-10-7-20(2)8-11-23/h7-11,21,24-28,32-33H,6,12-19H2,1-5H3/t21-,24+,25-,26+,27+,28-,29+,30-,31+/m1/s1. The second-order valence-corrected chi connectivity index (χ2v) is 15.0. The Balaban J connectivity index is 1.33. The summed E-state index contributed by atoms with van der Waals surface area (Å²) in [7, 11) is -3.79. The predicted molar refractivity (Wildman–Crippen MR) is 145 cm³/mol. The fraction of sp³-hybridized carbons (Fsp3) is 0.742. The molecule has 3 fully saturated rings. The van der Waals surface area contributed by atoms with Crippen LogP contribution in [0.2, 0.25) is 0 Å². The molecule has 0 heterocycles. The highest BCUT2D eigenvalue weighted by Gasteiger charge is 2.62. The van der Waals surface area contributed by atoms with E-state index in [4.69, 9.17) is 4.18 Å². The summed E-state index contributed by atoms with van der Waals surface area (Å²) in [5.41, 5.74) is 1.71. The van der Waals surface area contributed by atoms with Crippen LogP contribution in [-0.2, 0) is 14.3 Å². The Kier molecular flexibility index (Phi) is 7.00. The predicted octanol–water partition coefficient (Wildman–Crippen LogP) is 6.03. The van der Waals surface area contributed by atoms with Crippen molar-refractivity contribution in [3.8, 4) is 0 Å². The van der Waals surface area contributed by atoms with E-state index in [9.17, 15) is 18.6 Å². The van der Waals surface area contributed by atoms with Crippen molar-refractivity contribution in [2.45, 2.75) is 103 Å². The number of aliphatic hydroxyl groups is 2. The highest BCUT2D eigenvalue weighted by molar-refractivity contribution is 7.86. The first-order valence-electron chi connectivity index (χ1n) is 14.4. The van der Waals surface area contributed by atoms with Crippen molar-refractivity contribution < 1.29 is 22.8 Å². The summed E-state index contributed by atoms with van der Waals surface area (Å²) in [6.45, 7) is 11.0. The second kappa shape index (κ2) is 9.46.